The second-order valence-corrected chi connectivity index (χ2v) is 15.5. The van der Waals surface area contributed by atoms with Gasteiger partial charge in [-0.3, -0.25) is 14.1 Å². The lowest BCUT2D eigenvalue weighted by Gasteiger charge is -2.21. The first kappa shape index (κ1) is 47.4. The largest absolute Gasteiger partial charge is 0.469 e. The predicted molar refractivity (Wildman–Crippen MR) is 200 cm³/mol. The second-order valence-electron chi connectivity index (χ2n) is 14.2. The Morgan fingerprint density at radius 2 is 1.31 bits per heavy atom. The summed E-state index contributed by atoms with van der Waals surface area (Å²) in [5.74, 6) is -1.33. The summed E-state index contributed by atoms with van der Waals surface area (Å²) in [7, 11) is -4.81. The molecule has 1 fully saturated rings. The first-order valence-corrected chi connectivity index (χ1v) is 21.4. The van der Waals surface area contributed by atoms with Gasteiger partial charge in [0.2, 0.25) is 0 Å². The molecule has 0 bridgehead atoms. The smallest absolute Gasteiger partial charge is 0.462 e. The van der Waals surface area contributed by atoms with E-state index in [1.54, 1.807) is 6.08 Å². The zero-order valence-corrected chi connectivity index (χ0v) is 32.5. The number of ether oxygens (including phenoxy) is 2. The van der Waals surface area contributed by atoms with E-state index in [1.807, 2.05) is 6.08 Å². The predicted octanol–water partition coefficient (Wildman–Crippen LogP) is 8.00. The number of phosphoric acid groups is 1. The number of hydrogen-bond acceptors (Lipinski definition) is 9. The van der Waals surface area contributed by atoms with Crippen LogP contribution in [0.15, 0.2) is 24.3 Å². The lowest BCUT2D eigenvalue weighted by Crippen LogP contribution is -2.29. The van der Waals surface area contributed by atoms with Crippen molar-refractivity contribution in [3.05, 3.63) is 24.3 Å². The van der Waals surface area contributed by atoms with Crippen LogP contribution in [0.5, 0.6) is 0 Å². The van der Waals surface area contributed by atoms with Crippen LogP contribution in [-0.4, -0.2) is 74.7 Å². The molecule has 1 saturated carbocycles. The van der Waals surface area contributed by atoms with E-state index in [9.17, 15) is 29.5 Å². The van der Waals surface area contributed by atoms with Crippen molar-refractivity contribution in [1.29, 1.82) is 0 Å². The number of aliphatic hydroxyl groups is 3. The molecular weight excluding hydrogens is 675 g/mol. The van der Waals surface area contributed by atoms with Gasteiger partial charge in [0.05, 0.1) is 24.9 Å². The molecule has 0 aromatic heterocycles. The Bertz CT molecular complexity index is 998. The van der Waals surface area contributed by atoms with Crippen LogP contribution >= 0.6 is 7.82 Å². The molecule has 5 N–H and O–H groups in total. The van der Waals surface area contributed by atoms with Gasteiger partial charge in [0.1, 0.15) is 6.61 Å². The van der Waals surface area contributed by atoms with Gasteiger partial charge in [-0.15, -0.1) is 0 Å². The second kappa shape index (κ2) is 29.8. The maximum atomic E-state index is 12.5. The fourth-order valence-corrected chi connectivity index (χ4v) is 6.88. The van der Waals surface area contributed by atoms with E-state index in [2.05, 4.69) is 30.5 Å². The Hall–Kier alpha value is -1.59. The fourth-order valence-electron chi connectivity index (χ4n) is 6.52. The fraction of sp³-hybridized carbons (Fsp3) is 0.846. The van der Waals surface area contributed by atoms with Gasteiger partial charge in [-0.1, -0.05) is 115 Å². The van der Waals surface area contributed by atoms with Gasteiger partial charge in [0.25, 0.3) is 0 Å². The third kappa shape index (κ3) is 25.9. The molecule has 0 amide bonds. The SMILES string of the molecule is CCCCCC/C=C\CCCCCCCC(=O)OC[C@H](COP(=O)(O)O)OC(=O)CCCCCC[C@@H]1[C@@H](/C=C/[C@@H](O)CCCCC)[C@H](O)C[C@@H]1O. The number of allylic oxidation sites excluding steroid dienone is 2. The standard InChI is InChI=1S/C39H71O11P/c1-3-5-7-8-9-10-11-12-13-14-15-16-21-25-38(43)48-30-33(31-49-51(45,46)47)50-39(44)26-22-18-17-20-24-34-35(37(42)29-36(34)41)28-27-32(40)23-19-6-4-2/h10-11,27-28,32-37,40-42H,3-9,12-26,29-31H2,1-2H3,(H2,45,46,47)/b11-10-,28-27+/t32-,33+,34+,35+,36-,37+/m0/s1. The Balaban J connectivity index is 2.31. The van der Waals surface area contributed by atoms with Gasteiger partial charge in [0.15, 0.2) is 6.10 Å². The van der Waals surface area contributed by atoms with Gasteiger partial charge < -0.3 is 34.6 Å². The number of esters is 2. The lowest BCUT2D eigenvalue weighted by atomic mass is 9.88. The van der Waals surface area contributed by atoms with E-state index in [0.717, 1.165) is 77.0 Å². The van der Waals surface area contributed by atoms with Crippen molar-refractivity contribution in [2.45, 2.75) is 186 Å². The first-order chi connectivity index (χ1) is 24.5. The summed E-state index contributed by atoms with van der Waals surface area (Å²) in [4.78, 5) is 43.0. The third-order valence-electron chi connectivity index (χ3n) is 9.54. The summed E-state index contributed by atoms with van der Waals surface area (Å²) < 4.78 is 26.3. The molecule has 0 spiro atoms. The van der Waals surface area contributed by atoms with Crippen molar-refractivity contribution < 1.29 is 53.3 Å². The van der Waals surface area contributed by atoms with Crippen molar-refractivity contribution >= 4 is 19.8 Å². The van der Waals surface area contributed by atoms with Crippen LogP contribution in [0.2, 0.25) is 0 Å². The molecule has 1 aliphatic rings. The topological polar surface area (TPSA) is 180 Å². The van der Waals surface area contributed by atoms with Gasteiger partial charge in [-0.05, 0) is 57.3 Å². The Morgan fingerprint density at radius 3 is 1.96 bits per heavy atom. The van der Waals surface area contributed by atoms with Crippen LogP contribution in [0.4, 0.5) is 0 Å². The zero-order chi connectivity index (χ0) is 37.7. The molecule has 0 radical (unpaired) electrons. The minimum absolute atomic E-state index is 0.0845. The van der Waals surface area contributed by atoms with Crippen molar-refractivity contribution in [1.82, 2.24) is 0 Å². The summed E-state index contributed by atoms with van der Waals surface area (Å²) >= 11 is 0. The summed E-state index contributed by atoms with van der Waals surface area (Å²) in [6.07, 6.45) is 25.4. The summed E-state index contributed by atoms with van der Waals surface area (Å²) in [5.41, 5.74) is 0. The van der Waals surface area contributed by atoms with Gasteiger partial charge in [0, 0.05) is 25.2 Å². The molecule has 51 heavy (non-hydrogen) atoms. The highest BCUT2D eigenvalue weighted by atomic mass is 31.2. The number of aliphatic hydroxyl groups excluding tert-OH is 3. The molecule has 0 aliphatic heterocycles. The highest BCUT2D eigenvalue weighted by Gasteiger charge is 2.39. The Kier molecular flexibility index (Phi) is 27.7. The maximum Gasteiger partial charge on any atom is 0.469 e. The minimum atomic E-state index is -4.81. The van der Waals surface area contributed by atoms with Gasteiger partial charge >= 0.3 is 19.8 Å². The molecule has 12 heteroatoms. The average Bonchev–Trinajstić information content (AvgIpc) is 3.35. The monoisotopic (exact) mass is 746 g/mol. The molecule has 0 saturated heterocycles. The van der Waals surface area contributed by atoms with E-state index in [1.165, 1.54) is 25.7 Å². The number of carbonyl (C=O) groups is 2. The quantitative estimate of drug-likeness (QED) is 0.0195. The number of hydrogen-bond donors (Lipinski definition) is 5. The van der Waals surface area contributed by atoms with Crippen LogP contribution in [0, 0.1) is 11.8 Å². The summed E-state index contributed by atoms with van der Waals surface area (Å²) in [6.45, 7) is 3.38. The highest BCUT2D eigenvalue weighted by molar-refractivity contribution is 7.46. The van der Waals surface area contributed by atoms with E-state index in [4.69, 9.17) is 19.3 Å². The lowest BCUT2D eigenvalue weighted by molar-refractivity contribution is -0.161. The summed E-state index contributed by atoms with van der Waals surface area (Å²) in [5, 5.41) is 31.2. The van der Waals surface area contributed by atoms with E-state index < -0.39 is 50.8 Å². The molecule has 6 atom stereocenters. The molecule has 0 aromatic rings. The van der Waals surface area contributed by atoms with Crippen molar-refractivity contribution in [2.24, 2.45) is 11.8 Å². The Morgan fingerprint density at radius 1 is 0.745 bits per heavy atom. The number of rotatable bonds is 32. The van der Waals surface area contributed by atoms with Crippen molar-refractivity contribution in [3.8, 4) is 0 Å². The molecule has 0 unspecified atom stereocenters. The van der Waals surface area contributed by atoms with E-state index >= 15 is 0 Å². The molecule has 11 nitrogen and oxygen atoms in total. The third-order valence-corrected chi connectivity index (χ3v) is 10.0. The van der Waals surface area contributed by atoms with Gasteiger partial charge in [-0.25, -0.2) is 4.57 Å². The zero-order valence-electron chi connectivity index (χ0n) is 31.6. The molecule has 1 rings (SSSR count). The van der Waals surface area contributed by atoms with Crippen LogP contribution in [0.25, 0.3) is 0 Å². The van der Waals surface area contributed by atoms with Crippen LogP contribution in [0.3, 0.4) is 0 Å². The van der Waals surface area contributed by atoms with E-state index in [-0.39, 0.29) is 31.3 Å². The molecule has 0 heterocycles. The van der Waals surface area contributed by atoms with Crippen molar-refractivity contribution in [2.75, 3.05) is 13.2 Å². The average molecular weight is 747 g/mol. The number of carbonyl (C=O) groups excluding carboxylic acids is 2. The molecule has 1 aliphatic carbocycles. The number of unbranched alkanes of at least 4 members (excludes halogenated alkanes) is 14. The normalized spacial score (nSPS) is 20.7. The Labute approximate surface area is 307 Å². The van der Waals surface area contributed by atoms with Crippen molar-refractivity contribution in [3.63, 3.8) is 0 Å². The van der Waals surface area contributed by atoms with Crippen LogP contribution in [0.1, 0.15) is 162 Å². The van der Waals surface area contributed by atoms with Crippen LogP contribution < -0.4 is 0 Å². The highest BCUT2D eigenvalue weighted by Crippen LogP contribution is 2.38. The summed E-state index contributed by atoms with van der Waals surface area (Å²) in [6, 6.07) is 0. The molecule has 298 valence electrons. The van der Waals surface area contributed by atoms with Gasteiger partial charge in [-0.2, -0.15) is 0 Å². The minimum Gasteiger partial charge on any atom is -0.462 e. The maximum absolute atomic E-state index is 12.5. The molecular formula is C39H71O11P. The number of phosphoric ester groups is 1. The molecule has 0 aromatic carbocycles. The first-order valence-electron chi connectivity index (χ1n) is 19.9. The van der Waals surface area contributed by atoms with E-state index in [0.29, 0.717) is 32.1 Å². The van der Waals surface area contributed by atoms with Crippen LogP contribution in [-0.2, 0) is 28.2 Å².